The quantitative estimate of drug-likeness (QED) is 0.719. The lowest BCUT2D eigenvalue weighted by molar-refractivity contribution is -0.117. The monoisotopic (exact) mass is 400 g/mol. The smallest absolute Gasteiger partial charge is 0.244 e. The first-order valence-corrected chi connectivity index (χ1v) is 9.63. The van der Waals surface area contributed by atoms with Crippen molar-refractivity contribution in [1.82, 2.24) is 10.2 Å². The zero-order valence-electron chi connectivity index (χ0n) is 16.2. The molecule has 0 radical (unpaired) electrons. The second kappa shape index (κ2) is 9.62. The van der Waals surface area contributed by atoms with Crippen LogP contribution in [-0.2, 0) is 11.3 Å². The number of nitrogens with one attached hydrogen (secondary N) is 1. The van der Waals surface area contributed by atoms with Crippen molar-refractivity contribution in [3.8, 4) is 11.5 Å². The van der Waals surface area contributed by atoms with Crippen molar-refractivity contribution in [1.29, 1.82) is 0 Å². The molecule has 1 unspecified atom stereocenters. The van der Waals surface area contributed by atoms with Gasteiger partial charge in [-0.2, -0.15) is 0 Å². The first-order chi connectivity index (χ1) is 13.6. The van der Waals surface area contributed by atoms with Gasteiger partial charge in [0.15, 0.2) is 11.5 Å². The number of carbonyl (C=O) groups excluding carboxylic acids is 1. The van der Waals surface area contributed by atoms with Crippen LogP contribution in [0.5, 0.6) is 11.5 Å². The minimum atomic E-state index is -0.113. The number of benzene rings is 2. The molecule has 1 heterocycles. The molecule has 0 aromatic heterocycles. The highest BCUT2D eigenvalue weighted by Gasteiger charge is 2.23. The van der Waals surface area contributed by atoms with E-state index in [2.05, 4.69) is 34.5 Å². The molecule has 1 atom stereocenters. The lowest BCUT2D eigenvalue weighted by Gasteiger charge is -2.16. The van der Waals surface area contributed by atoms with Crippen molar-refractivity contribution in [3.63, 3.8) is 0 Å². The Kier molecular flexibility index (Phi) is 6.95. The Hall–Kier alpha value is -2.50. The van der Waals surface area contributed by atoms with Gasteiger partial charge >= 0.3 is 0 Å². The fourth-order valence-corrected chi connectivity index (χ4v) is 3.69. The molecule has 1 amide bonds. The molecule has 148 valence electrons. The summed E-state index contributed by atoms with van der Waals surface area (Å²) in [5.41, 5.74) is 2.06. The van der Waals surface area contributed by atoms with E-state index in [9.17, 15) is 4.79 Å². The van der Waals surface area contributed by atoms with Crippen molar-refractivity contribution < 1.29 is 14.3 Å². The SMILES string of the molecule is COc1cc(/C=C/C(=O)NC2CCN(Cc3ccccc3)C2)cc(Cl)c1OC. The number of hydrogen-bond acceptors (Lipinski definition) is 4. The van der Waals surface area contributed by atoms with Crippen molar-refractivity contribution in [2.24, 2.45) is 0 Å². The lowest BCUT2D eigenvalue weighted by Crippen LogP contribution is -2.35. The van der Waals surface area contributed by atoms with E-state index in [1.54, 1.807) is 25.3 Å². The number of amides is 1. The topological polar surface area (TPSA) is 50.8 Å². The first kappa shape index (κ1) is 20.2. The summed E-state index contributed by atoms with van der Waals surface area (Å²) in [6.45, 7) is 2.75. The third-order valence-corrected chi connectivity index (χ3v) is 5.03. The van der Waals surface area contributed by atoms with Crippen LogP contribution in [0.4, 0.5) is 0 Å². The van der Waals surface area contributed by atoms with Crippen molar-refractivity contribution in [2.45, 2.75) is 19.0 Å². The van der Waals surface area contributed by atoms with E-state index < -0.39 is 0 Å². The Morgan fingerprint density at radius 2 is 2.04 bits per heavy atom. The minimum Gasteiger partial charge on any atom is -0.493 e. The molecule has 5 nitrogen and oxygen atoms in total. The molecular formula is C22H25ClN2O3. The van der Waals surface area contributed by atoms with Gasteiger partial charge in [0, 0.05) is 31.8 Å². The second-order valence-electron chi connectivity index (χ2n) is 6.79. The maximum absolute atomic E-state index is 12.3. The maximum atomic E-state index is 12.3. The molecule has 2 aromatic carbocycles. The Balaban J connectivity index is 1.54. The Morgan fingerprint density at radius 3 is 2.75 bits per heavy atom. The van der Waals surface area contributed by atoms with E-state index in [-0.39, 0.29) is 11.9 Å². The van der Waals surface area contributed by atoms with Crippen LogP contribution < -0.4 is 14.8 Å². The van der Waals surface area contributed by atoms with Crippen LogP contribution in [0.25, 0.3) is 6.08 Å². The highest BCUT2D eigenvalue weighted by atomic mass is 35.5. The first-order valence-electron chi connectivity index (χ1n) is 9.25. The largest absolute Gasteiger partial charge is 0.493 e. The molecule has 2 aromatic rings. The van der Waals surface area contributed by atoms with Crippen LogP contribution in [0.1, 0.15) is 17.5 Å². The number of rotatable bonds is 7. The zero-order chi connectivity index (χ0) is 19.9. The molecule has 0 aliphatic carbocycles. The fraction of sp³-hybridized carbons (Fsp3) is 0.318. The zero-order valence-corrected chi connectivity index (χ0v) is 16.9. The summed E-state index contributed by atoms with van der Waals surface area (Å²) in [7, 11) is 3.09. The van der Waals surface area contributed by atoms with Crippen molar-refractivity contribution in [2.75, 3.05) is 27.3 Å². The number of likely N-dealkylation sites (tertiary alicyclic amines) is 1. The van der Waals surface area contributed by atoms with Gasteiger partial charge in [-0.3, -0.25) is 9.69 Å². The molecular weight excluding hydrogens is 376 g/mol. The Labute approximate surface area is 170 Å². The summed E-state index contributed by atoms with van der Waals surface area (Å²) in [4.78, 5) is 14.7. The number of methoxy groups -OCH3 is 2. The third kappa shape index (κ3) is 5.27. The van der Waals surface area contributed by atoms with E-state index in [1.165, 1.54) is 18.7 Å². The number of hydrogen-bond donors (Lipinski definition) is 1. The predicted octanol–water partition coefficient (Wildman–Crippen LogP) is 3.76. The molecule has 1 N–H and O–H groups in total. The fourth-order valence-electron chi connectivity index (χ4n) is 3.39. The molecule has 6 heteroatoms. The molecule has 28 heavy (non-hydrogen) atoms. The average Bonchev–Trinajstić information content (AvgIpc) is 3.13. The second-order valence-corrected chi connectivity index (χ2v) is 7.19. The van der Waals surface area contributed by atoms with Gasteiger partial charge in [0.2, 0.25) is 5.91 Å². The molecule has 0 saturated carbocycles. The molecule has 1 fully saturated rings. The average molecular weight is 401 g/mol. The highest BCUT2D eigenvalue weighted by Crippen LogP contribution is 2.36. The Morgan fingerprint density at radius 1 is 1.25 bits per heavy atom. The van der Waals surface area contributed by atoms with Gasteiger partial charge in [-0.05, 0) is 35.8 Å². The highest BCUT2D eigenvalue weighted by molar-refractivity contribution is 6.32. The molecule has 1 saturated heterocycles. The van der Waals surface area contributed by atoms with Crippen LogP contribution in [0.3, 0.4) is 0 Å². The van der Waals surface area contributed by atoms with Gasteiger partial charge in [-0.1, -0.05) is 41.9 Å². The van der Waals surface area contributed by atoms with E-state index in [0.717, 1.165) is 31.6 Å². The van der Waals surface area contributed by atoms with Gasteiger partial charge in [0.05, 0.1) is 19.2 Å². The maximum Gasteiger partial charge on any atom is 0.244 e. The Bertz CT molecular complexity index is 839. The van der Waals surface area contributed by atoms with Crippen molar-refractivity contribution in [3.05, 3.63) is 64.7 Å². The van der Waals surface area contributed by atoms with Gasteiger partial charge in [-0.15, -0.1) is 0 Å². The summed E-state index contributed by atoms with van der Waals surface area (Å²) in [5, 5.41) is 3.51. The number of ether oxygens (including phenoxy) is 2. The summed E-state index contributed by atoms with van der Waals surface area (Å²) in [6.07, 6.45) is 4.20. The number of carbonyl (C=O) groups is 1. The summed E-state index contributed by atoms with van der Waals surface area (Å²) in [5.74, 6) is 0.898. The minimum absolute atomic E-state index is 0.113. The van der Waals surface area contributed by atoms with Gasteiger partial charge in [0.1, 0.15) is 0 Å². The predicted molar refractivity (Wildman–Crippen MR) is 112 cm³/mol. The van der Waals surface area contributed by atoms with Crippen LogP contribution >= 0.6 is 11.6 Å². The van der Waals surface area contributed by atoms with E-state index in [1.807, 2.05) is 6.07 Å². The number of nitrogens with zero attached hydrogens (tertiary/aromatic N) is 1. The summed E-state index contributed by atoms with van der Waals surface area (Å²) < 4.78 is 10.5. The van der Waals surface area contributed by atoms with Gasteiger partial charge in [0.25, 0.3) is 0 Å². The van der Waals surface area contributed by atoms with Crippen LogP contribution in [-0.4, -0.2) is 44.2 Å². The third-order valence-electron chi connectivity index (χ3n) is 4.75. The van der Waals surface area contributed by atoms with E-state index in [0.29, 0.717) is 16.5 Å². The molecule has 0 bridgehead atoms. The van der Waals surface area contributed by atoms with E-state index >= 15 is 0 Å². The van der Waals surface area contributed by atoms with Crippen LogP contribution in [0.15, 0.2) is 48.5 Å². The van der Waals surface area contributed by atoms with Crippen LogP contribution in [0.2, 0.25) is 5.02 Å². The van der Waals surface area contributed by atoms with E-state index in [4.69, 9.17) is 21.1 Å². The van der Waals surface area contributed by atoms with Gasteiger partial charge in [-0.25, -0.2) is 0 Å². The van der Waals surface area contributed by atoms with Crippen molar-refractivity contribution >= 4 is 23.6 Å². The van der Waals surface area contributed by atoms with Gasteiger partial charge < -0.3 is 14.8 Å². The molecule has 3 rings (SSSR count). The molecule has 1 aliphatic heterocycles. The molecule has 1 aliphatic rings. The number of halogens is 1. The lowest BCUT2D eigenvalue weighted by atomic mass is 10.1. The summed E-state index contributed by atoms with van der Waals surface area (Å²) in [6, 6.07) is 14.1. The molecule has 0 spiro atoms. The standard InChI is InChI=1S/C22H25ClN2O3/c1-27-20-13-17(12-19(23)22(20)28-2)8-9-21(26)24-18-10-11-25(15-18)14-16-6-4-3-5-7-16/h3-9,12-13,18H,10-11,14-15H2,1-2H3,(H,24,26)/b9-8+. The normalized spacial score (nSPS) is 17.0. The summed E-state index contributed by atoms with van der Waals surface area (Å²) >= 11 is 6.20. The van der Waals surface area contributed by atoms with Crippen LogP contribution in [0, 0.1) is 0 Å².